The lowest BCUT2D eigenvalue weighted by atomic mass is 10.0. The Morgan fingerprint density at radius 2 is 2.33 bits per heavy atom. The zero-order valence-electron chi connectivity index (χ0n) is 9.32. The molecule has 2 fully saturated rings. The Hall–Kier alpha value is -0.610. The van der Waals surface area contributed by atoms with Crippen molar-refractivity contribution < 1.29 is 9.53 Å². The van der Waals surface area contributed by atoms with Crippen LogP contribution in [0.4, 0.5) is 0 Å². The summed E-state index contributed by atoms with van der Waals surface area (Å²) in [7, 11) is 0. The van der Waals surface area contributed by atoms with Crippen LogP contribution in [0.15, 0.2) is 0 Å². The fourth-order valence-corrected chi connectivity index (χ4v) is 2.72. The third kappa shape index (κ3) is 2.16. The summed E-state index contributed by atoms with van der Waals surface area (Å²) in [5, 5.41) is 0. The number of carbonyl (C=O) groups is 1. The first-order chi connectivity index (χ1) is 7.20. The molecule has 2 aliphatic rings. The first-order valence-electron chi connectivity index (χ1n) is 5.84. The van der Waals surface area contributed by atoms with Crippen LogP contribution >= 0.6 is 0 Å². The van der Waals surface area contributed by atoms with Gasteiger partial charge in [-0.1, -0.05) is 6.42 Å². The zero-order chi connectivity index (χ0) is 10.8. The molecular formula is C11H20N2O2. The number of hydrogen-bond donors (Lipinski definition) is 1. The number of rotatable bonds is 1. The van der Waals surface area contributed by atoms with Gasteiger partial charge in [0.05, 0.1) is 19.3 Å². The average Bonchev–Trinajstić information content (AvgIpc) is 2.57. The second-order valence-corrected chi connectivity index (χ2v) is 4.65. The first kappa shape index (κ1) is 10.9. The minimum Gasteiger partial charge on any atom is -0.379 e. The molecule has 1 aliphatic carbocycles. The first-order valence-corrected chi connectivity index (χ1v) is 5.84. The SMILES string of the molecule is C[C@H](N)C(=O)N1CCOC[C@@H]2CCC[C@@H]21. The van der Waals surface area contributed by atoms with E-state index in [0.29, 0.717) is 25.1 Å². The van der Waals surface area contributed by atoms with Crippen molar-refractivity contribution in [1.82, 2.24) is 4.90 Å². The third-order valence-corrected chi connectivity index (χ3v) is 3.50. The monoisotopic (exact) mass is 212 g/mol. The van der Waals surface area contributed by atoms with Gasteiger partial charge in [-0.15, -0.1) is 0 Å². The minimum absolute atomic E-state index is 0.0809. The summed E-state index contributed by atoms with van der Waals surface area (Å²) in [6, 6.07) is -0.00431. The number of fused-ring (bicyclic) bond motifs is 1. The van der Waals surface area contributed by atoms with Gasteiger partial charge in [0, 0.05) is 18.5 Å². The summed E-state index contributed by atoms with van der Waals surface area (Å²) in [6.07, 6.45) is 3.52. The van der Waals surface area contributed by atoms with Crippen LogP contribution < -0.4 is 5.73 Å². The second-order valence-electron chi connectivity index (χ2n) is 4.65. The van der Waals surface area contributed by atoms with Crippen molar-refractivity contribution in [3.8, 4) is 0 Å². The molecular weight excluding hydrogens is 192 g/mol. The summed E-state index contributed by atoms with van der Waals surface area (Å²) in [5.74, 6) is 0.618. The van der Waals surface area contributed by atoms with E-state index in [1.54, 1.807) is 6.92 Å². The van der Waals surface area contributed by atoms with Crippen LogP contribution in [0.5, 0.6) is 0 Å². The van der Waals surface area contributed by atoms with Gasteiger partial charge in [-0.2, -0.15) is 0 Å². The fourth-order valence-electron chi connectivity index (χ4n) is 2.72. The van der Waals surface area contributed by atoms with Crippen molar-refractivity contribution in [1.29, 1.82) is 0 Å². The number of amides is 1. The van der Waals surface area contributed by atoms with Gasteiger partial charge in [-0.05, 0) is 19.8 Å². The van der Waals surface area contributed by atoms with Gasteiger partial charge in [-0.3, -0.25) is 4.79 Å². The van der Waals surface area contributed by atoms with Crippen molar-refractivity contribution in [2.75, 3.05) is 19.8 Å². The summed E-state index contributed by atoms with van der Waals surface area (Å²) < 4.78 is 5.53. The van der Waals surface area contributed by atoms with Crippen LogP contribution in [0.25, 0.3) is 0 Å². The fraction of sp³-hybridized carbons (Fsp3) is 0.909. The van der Waals surface area contributed by atoms with Crippen LogP contribution in [0.1, 0.15) is 26.2 Å². The summed E-state index contributed by atoms with van der Waals surface area (Å²) in [4.78, 5) is 13.9. The molecule has 0 aromatic heterocycles. The molecule has 1 saturated heterocycles. The van der Waals surface area contributed by atoms with E-state index >= 15 is 0 Å². The molecule has 1 aliphatic heterocycles. The van der Waals surface area contributed by atoms with Crippen molar-refractivity contribution in [2.24, 2.45) is 11.7 Å². The van der Waals surface area contributed by atoms with Crippen LogP contribution in [0.3, 0.4) is 0 Å². The molecule has 2 N–H and O–H groups in total. The predicted octanol–water partition coefficient (Wildman–Crippen LogP) is 0.361. The quantitative estimate of drug-likeness (QED) is 0.683. The lowest BCUT2D eigenvalue weighted by Gasteiger charge is -2.31. The molecule has 2 rings (SSSR count). The molecule has 0 aromatic carbocycles. The van der Waals surface area contributed by atoms with Crippen LogP contribution in [0, 0.1) is 5.92 Å². The maximum atomic E-state index is 11.9. The Balaban J connectivity index is 2.10. The number of hydrogen-bond acceptors (Lipinski definition) is 3. The molecule has 0 aromatic rings. The predicted molar refractivity (Wildman–Crippen MR) is 57.3 cm³/mol. The van der Waals surface area contributed by atoms with Gasteiger partial charge in [0.25, 0.3) is 0 Å². The normalized spacial score (nSPS) is 33.3. The lowest BCUT2D eigenvalue weighted by Crippen LogP contribution is -2.49. The molecule has 0 bridgehead atoms. The van der Waals surface area contributed by atoms with Gasteiger partial charge in [0.1, 0.15) is 0 Å². The molecule has 0 spiro atoms. The highest BCUT2D eigenvalue weighted by molar-refractivity contribution is 5.81. The van der Waals surface area contributed by atoms with Crippen molar-refractivity contribution in [3.05, 3.63) is 0 Å². The van der Waals surface area contributed by atoms with Gasteiger partial charge in [0.2, 0.25) is 5.91 Å². The maximum absolute atomic E-state index is 11.9. The molecule has 86 valence electrons. The number of carbonyl (C=O) groups excluding carboxylic acids is 1. The summed E-state index contributed by atoms with van der Waals surface area (Å²) in [5.41, 5.74) is 5.67. The third-order valence-electron chi connectivity index (χ3n) is 3.50. The largest absolute Gasteiger partial charge is 0.379 e. The molecule has 1 amide bonds. The van der Waals surface area contributed by atoms with E-state index in [9.17, 15) is 4.79 Å². The molecule has 3 atom stereocenters. The Bertz CT molecular complexity index is 243. The number of nitrogens with two attached hydrogens (primary N) is 1. The van der Waals surface area contributed by atoms with E-state index in [1.807, 2.05) is 4.90 Å². The smallest absolute Gasteiger partial charge is 0.239 e. The Morgan fingerprint density at radius 1 is 1.53 bits per heavy atom. The molecule has 1 saturated carbocycles. The molecule has 15 heavy (non-hydrogen) atoms. The Labute approximate surface area is 90.8 Å². The van der Waals surface area contributed by atoms with Gasteiger partial charge < -0.3 is 15.4 Å². The Morgan fingerprint density at radius 3 is 3.07 bits per heavy atom. The van der Waals surface area contributed by atoms with Crippen LogP contribution in [0.2, 0.25) is 0 Å². The average molecular weight is 212 g/mol. The van der Waals surface area contributed by atoms with Gasteiger partial charge in [0.15, 0.2) is 0 Å². The van der Waals surface area contributed by atoms with E-state index < -0.39 is 0 Å². The maximum Gasteiger partial charge on any atom is 0.239 e. The lowest BCUT2D eigenvalue weighted by molar-refractivity contribution is -0.134. The molecule has 0 radical (unpaired) electrons. The van der Waals surface area contributed by atoms with E-state index in [-0.39, 0.29) is 11.9 Å². The molecule has 4 heteroatoms. The van der Waals surface area contributed by atoms with Crippen LogP contribution in [-0.4, -0.2) is 42.6 Å². The number of nitrogens with zero attached hydrogens (tertiary/aromatic N) is 1. The summed E-state index contributed by atoms with van der Waals surface area (Å²) >= 11 is 0. The standard InChI is InChI=1S/C11H20N2O2/c1-8(12)11(14)13-5-6-15-7-9-3-2-4-10(9)13/h8-10H,2-7,12H2,1H3/t8-,9-,10-/m0/s1. The minimum atomic E-state index is -0.385. The zero-order valence-corrected chi connectivity index (χ0v) is 9.32. The summed E-state index contributed by atoms with van der Waals surface area (Å²) in [6.45, 7) is 3.94. The topological polar surface area (TPSA) is 55.6 Å². The van der Waals surface area contributed by atoms with Crippen molar-refractivity contribution in [3.63, 3.8) is 0 Å². The Kier molecular flexibility index (Phi) is 3.26. The highest BCUT2D eigenvalue weighted by atomic mass is 16.5. The van der Waals surface area contributed by atoms with E-state index in [1.165, 1.54) is 12.8 Å². The highest BCUT2D eigenvalue weighted by Crippen LogP contribution is 2.31. The highest BCUT2D eigenvalue weighted by Gasteiger charge is 2.36. The van der Waals surface area contributed by atoms with E-state index in [0.717, 1.165) is 13.0 Å². The van der Waals surface area contributed by atoms with Crippen molar-refractivity contribution >= 4 is 5.91 Å². The van der Waals surface area contributed by atoms with Gasteiger partial charge in [-0.25, -0.2) is 0 Å². The van der Waals surface area contributed by atoms with E-state index in [4.69, 9.17) is 10.5 Å². The number of ether oxygens (including phenoxy) is 1. The van der Waals surface area contributed by atoms with Crippen LogP contribution in [-0.2, 0) is 9.53 Å². The molecule has 0 unspecified atom stereocenters. The molecule has 4 nitrogen and oxygen atoms in total. The van der Waals surface area contributed by atoms with E-state index in [2.05, 4.69) is 0 Å². The van der Waals surface area contributed by atoms with Crippen molar-refractivity contribution in [2.45, 2.75) is 38.3 Å². The molecule has 1 heterocycles. The second kappa shape index (κ2) is 4.49. The van der Waals surface area contributed by atoms with Gasteiger partial charge >= 0.3 is 0 Å².